The molecule has 0 aliphatic carbocycles. The summed E-state index contributed by atoms with van der Waals surface area (Å²) in [5, 5.41) is 2.62. The molecule has 0 spiro atoms. The molecule has 1 aromatic rings. The molecule has 2 N–H and O–H groups in total. The Labute approximate surface area is 135 Å². The summed E-state index contributed by atoms with van der Waals surface area (Å²) in [6.07, 6.45) is 0.165. The molecule has 0 saturated carbocycles. The van der Waals surface area contributed by atoms with Crippen LogP contribution in [0.4, 0.5) is 0 Å². The van der Waals surface area contributed by atoms with E-state index in [2.05, 4.69) is 10.0 Å². The van der Waals surface area contributed by atoms with Crippen molar-refractivity contribution in [3.05, 3.63) is 29.8 Å². The molecule has 8 heteroatoms. The third kappa shape index (κ3) is 6.48. The van der Waals surface area contributed by atoms with Crippen molar-refractivity contribution in [2.24, 2.45) is 0 Å². The number of hydrogen-bond acceptors (Lipinski definition) is 5. The van der Waals surface area contributed by atoms with Crippen molar-refractivity contribution in [3.63, 3.8) is 0 Å². The van der Waals surface area contributed by atoms with Crippen LogP contribution in [0.1, 0.15) is 25.8 Å². The van der Waals surface area contributed by atoms with E-state index in [9.17, 15) is 18.0 Å². The molecule has 22 heavy (non-hydrogen) atoms. The third-order valence-electron chi connectivity index (χ3n) is 2.70. The minimum absolute atomic E-state index is 0.0237. The molecule has 2 amide bonds. The molecule has 1 rings (SSSR count). The van der Waals surface area contributed by atoms with Crippen molar-refractivity contribution >= 4 is 33.6 Å². The maximum Gasteiger partial charge on any atom is 0.264 e. The molecule has 1 aromatic carbocycles. The van der Waals surface area contributed by atoms with E-state index in [-0.39, 0.29) is 17.2 Å². The van der Waals surface area contributed by atoms with E-state index in [1.807, 2.05) is 6.92 Å². The van der Waals surface area contributed by atoms with Gasteiger partial charge in [0.15, 0.2) is 0 Å². The topological polar surface area (TPSA) is 92.3 Å². The van der Waals surface area contributed by atoms with E-state index in [0.29, 0.717) is 12.3 Å². The molecule has 0 heterocycles. The minimum Gasteiger partial charge on any atom is -0.352 e. The fourth-order valence-corrected chi connectivity index (χ4v) is 3.21. The van der Waals surface area contributed by atoms with Crippen LogP contribution in [0.5, 0.6) is 0 Å². The number of sulfonamides is 1. The van der Waals surface area contributed by atoms with Gasteiger partial charge in [-0.15, -0.1) is 0 Å². The number of amides is 2. The van der Waals surface area contributed by atoms with Crippen molar-refractivity contribution in [3.8, 4) is 0 Å². The summed E-state index contributed by atoms with van der Waals surface area (Å²) >= 11 is 1.58. The normalized spacial score (nSPS) is 11.0. The Morgan fingerprint density at radius 1 is 1.18 bits per heavy atom. The van der Waals surface area contributed by atoms with E-state index < -0.39 is 15.9 Å². The summed E-state index contributed by atoms with van der Waals surface area (Å²) in [6, 6.07) is 6.02. The second-order valence-electron chi connectivity index (χ2n) is 4.53. The van der Waals surface area contributed by atoms with Crippen molar-refractivity contribution in [2.45, 2.75) is 31.7 Å². The summed E-state index contributed by atoms with van der Waals surface area (Å²) in [4.78, 5) is 22.4. The van der Waals surface area contributed by atoms with Gasteiger partial charge in [0.2, 0.25) is 11.8 Å². The monoisotopic (exact) mass is 344 g/mol. The predicted molar refractivity (Wildman–Crippen MR) is 86.9 cm³/mol. The quantitative estimate of drug-likeness (QED) is 0.693. The third-order valence-corrected chi connectivity index (χ3v) is 4.99. The van der Waals surface area contributed by atoms with Gasteiger partial charge in [-0.05, 0) is 23.4 Å². The zero-order chi connectivity index (χ0) is 16.6. The first-order valence-electron chi connectivity index (χ1n) is 6.82. The lowest BCUT2D eigenvalue weighted by molar-refractivity contribution is -0.119. The van der Waals surface area contributed by atoms with E-state index >= 15 is 0 Å². The lowest BCUT2D eigenvalue weighted by Crippen LogP contribution is -2.30. The Kier molecular flexibility index (Phi) is 7.40. The number of nitrogens with one attached hydrogen (secondary N) is 2. The second-order valence-corrected chi connectivity index (χ2v) is 7.61. The average Bonchev–Trinajstić information content (AvgIpc) is 2.45. The Hall–Kier alpha value is -1.54. The molecule has 6 nitrogen and oxygen atoms in total. The van der Waals surface area contributed by atoms with E-state index in [4.69, 9.17) is 0 Å². The first-order valence-corrected chi connectivity index (χ1v) is 9.45. The number of rotatable bonds is 8. The SMILES string of the molecule is CCSCCC(=O)NS(=O)(=O)c1ccc(CNC(C)=O)cc1. The first-order chi connectivity index (χ1) is 10.3. The van der Waals surface area contributed by atoms with Gasteiger partial charge in [0.25, 0.3) is 10.0 Å². The van der Waals surface area contributed by atoms with Gasteiger partial charge in [-0.25, -0.2) is 13.1 Å². The molecular formula is C14H20N2O4S2. The van der Waals surface area contributed by atoms with Gasteiger partial charge >= 0.3 is 0 Å². The van der Waals surface area contributed by atoms with Crippen LogP contribution in [0.2, 0.25) is 0 Å². The summed E-state index contributed by atoms with van der Waals surface area (Å²) in [5.74, 6) is 0.806. The Morgan fingerprint density at radius 2 is 1.82 bits per heavy atom. The highest BCUT2D eigenvalue weighted by atomic mass is 32.2. The summed E-state index contributed by atoms with van der Waals surface area (Å²) in [5.41, 5.74) is 0.778. The van der Waals surface area contributed by atoms with Gasteiger partial charge in [-0.3, -0.25) is 9.59 Å². The highest BCUT2D eigenvalue weighted by molar-refractivity contribution is 7.99. The van der Waals surface area contributed by atoms with Crippen LogP contribution in [0.3, 0.4) is 0 Å². The van der Waals surface area contributed by atoms with Gasteiger partial charge in [0.05, 0.1) is 4.90 Å². The van der Waals surface area contributed by atoms with Crippen LogP contribution in [-0.4, -0.2) is 31.7 Å². The van der Waals surface area contributed by atoms with Crippen molar-refractivity contribution < 1.29 is 18.0 Å². The van der Waals surface area contributed by atoms with E-state index in [1.54, 1.807) is 23.9 Å². The first kappa shape index (κ1) is 18.5. The van der Waals surface area contributed by atoms with Gasteiger partial charge < -0.3 is 5.32 Å². The van der Waals surface area contributed by atoms with Crippen molar-refractivity contribution in [1.82, 2.24) is 10.0 Å². The summed E-state index contributed by atoms with van der Waals surface area (Å²) in [7, 11) is -3.84. The van der Waals surface area contributed by atoms with Gasteiger partial charge in [0.1, 0.15) is 0 Å². The van der Waals surface area contributed by atoms with Crippen molar-refractivity contribution in [1.29, 1.82) is 0 Å². The lowest BCUT2D eigenvalue weighted by Gasteiger charge is -2.08. The summed E-state index contributed by atoms with van der Waals surface area (Å²) in [6.45, 7) is 3.71. The van der Waals surface area contributed by atoms with Crippen LogP contribution in [-0.2, 0) is 26.2 Å². The number of carbonyl (C=O) groups excluding carboxylic acids is 2. The standard InChI is InChI=1S/C14H20N2O4S2/c1-3-21-9-8-14(18)16-22(19,20)13-6-4-12(5-7-13)10-15-11(2)17/h4-7H,3,8-10H2,1-2H3,(H,15,17)(H,16,18). The van der Waals surface area contributed by atoms with Crippen molar-refractivity contribution in [2.75, 3.05) is 11.5 Å². The highest BCUT2D eigenvalue weighted by Crippen LogP contribution is 2.11. The fraction of sp³-hybridized carbons (Fsp3) is 0.429. The molecule has 0 aliphatic rings. The maximum absolute atomic E-state index is 12.0. The van der Waals surface area contributed by atoms with E-state index in [0.717, 1.165) is 11.3 Å². The van der Waals surface area contributed by atoms with Crippen LogP contribution in [0, 0.1) is 0 Å². The fourth-order valence-electron chi connectivity index (χ4n) is 1.58. The molecule has 0 radical (unpaired) electrons. The van der Waals surface area contributed by atoms with Gasteiger partial charge in [0, 0.05) is 25.6 Å². The molecule has 0 atom stereocenters. The van der Waals surface area contributed by atoms with Crippen LogP contribution in [0.25, 0.3) is 0 Å². The van der Waals surface area contributed by atoms with Gasteiger partial charge in [-0.1, -0.05) is 19.1 Å². The molecule has 0 aromatic heterocycles. The minimum atomic E-state index is -3.84. The molecule has 122 valence electrons. The van der Waals surface area contributed by atoms with Crippen LogP contribution in [0.15, 0.2) is 29.2 Å². The number of thioether (sulfide) groups is 1. The van der Waals surface area contributed by atoms with Gasteiger partial charge in [-0.2, -0.15) is 11.8 Å². The molecule has 0 aliphatic heterocycles. The Balaban J connectivity index is 2.65. The Morgan fingerprint density at radius 3 is 2.36 bits per heavy atom. The number of hydrogen-bond donors (Lipinski definition) is 2. The zero-order valence-electron chi connectivity index (χ0n) is 12.6. The predicted octanol–water partition coefficient (Wildman–Crippen LogP) is 1.27. The highest BCUT2D eigenvalue weighted by Gasteiger charge is 2.17. The zero-order valence-corrected chi connectivity index (χ0v) is 14.2. The largest absolute Gasteiger partial charge is 0.352 e. The number of benzene rings is 1. The molecule has 0 fully saturated rings. The number of carbonyl (C=O) groups is 2. The van der Waals surface area contributed by atoms with E-state index in [1.165, 1.54) is 19.1 Å². The smallest absolute Gasteiger partial charge is 0.264 e. The molecule has 0 bridgehead atoms. The molecular weight excluding hydrogens is 324 g/mol. The second kappa shape index (κ2) is 8.79. The average molecular weight is 344 g/mol. The summed E-state index contributed by atoms with van der Waals surface area (Å²) < 4.78 is 26.1. The van der Waals surface area contributed by atoms with Crippen LogP contribution >= 0.6 is 11.8 Å². The molecule has 0 saturated heterocycles. The lowest BCUT2D eigenvalue weighted by atomic mass is 10.2. The van der Waals surface area contributed by atoms with Crippen LogP contribution < -0.4 is 10.0 Å². The molecule has 0 unspecified atom stereocenters. The Bertz CT molecular complexity index is 612. The maximum atomic E-state index is 12.0.